The molecule has 2 N–H and O–H groups in total. The van der Waals surface area contributed by atoms with Crippen molar-refractivity contribution in [3.05, 3.63) is 99.3 Å². The minimum Gasteiger partial charge on any atom is -0.340 e. The largest absolute Gasteiger partial charge is 0.340 e. The minimum absolute atomic E-state index is 0.180. The Morgan fingerprint density at radius 1 is 1.00 bits per heavy atom. The second-order valence-corrected chi connectivity index (χ2v) is 7.64. The lowest BCUT2D eigenvalue weighted by Crippen LogP contribution is -2.45. The third kappa shape index (κ3) is 5.59. The summed E-state index contributed by atoms with van der Waals surface area (Å²) in [5, 5.41) is 5.96. The normalized spacial score (nSPS) is 11.6. The van der Waals surface area contributed by atoms with Gasteiger partial charge in [0.05, 0.1) is 10.6 Å². The first-order chi connectivity index (χ1) is 14.3. The van der Waals surface area contributed by atoms with E-state index in [9.17, 15) is 14.0 Å². The van der Waals surface area contributed by atoms with Crippen LogP contribution in [-0.2, 0) is 11.2 Å². The van der Waals surface area contributed by atoms with Gasteiger partial charge in [0.1, 0.15) is 11.9 Å². The Kier molecular flexibility index (Phi) is 7.08. The molecule has 1 atom stereocenters. The number of halogens is 3. The molecule has 154 valence electrons. The average molecular weight is 445 g/mol. The second-order valence-electron chi connectivity index (χ2n) is 6.79. The Morgan fingerprint density at radius 2 is 1.73 bits per heavy atom. The van der Waals surface area contributed by atoms with Crippen LogP contribution in [-0.4, -0.2) is 17.9 Å². The Hall–Kier alpha value is -2.89. The number of anilines is 1. The topological polar surface area (TPSA) is 58.2 Å². The summed E-state index contributed by atoms with van der Waals surface area (Å²) in [7, 11) is 0. The number of aryl methyl sites for hydroxylation is 1. The molecule has 4 nitrogen and oxygen atoms in total. The van der Waals surface area contributed by atoms with E-state index >= 15 is 0 Å². The number of nitrogens with one attached hydrogen (secondary N) is 2. The third-order valence-electron chi connectivity index (χ3n) is 4.52. The number of amides is 2. The fourth-order valence-corrected chi connectivity index (χ4v) is 3.36. The van der Waals surface area contributed by atoms with Gasteiger partial charge in [0.15, 0.2) is 0 Å². The molecule has 0 aliphatic rings. The van der Waals surface area contributed by atoms with Gasteiger partial charge in [0.2, 0.25) is 5.91 Å². The zero-order valence-corrected chi connectivity index (χ0v) is 17.6. The van der Waals surface area contributed by atoms with E-state index in [4.69, 9.17) is 23.2 Å². The van der Waals surface area contributed by atoms with Crippen LogP contribution < -0.4 is 10.6 Å². The second kappa shape index (κ2) is 9.74. The summed E-state index contributed by atoms with van der Waals surface area (Å²) >= 11 is 12.0. The van der Waals surface area contributed by atoms with Gasteiger partial charge in [-0.1, -0.05) is 59.6 Å². The number of carbonyl (C=O) groups is 2. The van der Waals surface area contributed by atoms with Crippen LogP contribution in [0.15, 0.2) is 66.7 Å². The van der Waals surface area contributed by atoms with Crippen molar-refractivity contribution >= 4 is 40.7 Å². The molecule has 3 aromatic carbocycles. The first kappa shape index (κ1) is 21.8. The SMILES string of the molecule is Cc1ccc(NC(=O)[C@H](Cc2ccccc2)NC(=O)c2ccc(Cl)cc2Cl)cc1F. The van der Waals surface area contributed by atoms with Crippen LogP contribution in [0.25, 0.3) is 0 Å². The summed E-state index contributed by atoms with van der Waals surface area (Å²) in [5.74, 6) is -1.41. The Morgan fingerprint density at radius 3 is 2.40 bits per heavy atom. The first-order valence-electron chi connectivity index (χ1n) is 9.20. The summed E-state index contributed by atoms with van der Waals surface area (Å²) in [4.78, 5) is 25.7. The van der Waals surface area contributed by atoms with Crippen molar-refractivity contribution in [2.45, 2.75) is 19.4 Å². The van der Waals surface area contributed by atoms with Gasteiger partial charge in [0, 0.05) is 17.1 Å². The van der Waals surface area contributed by atoms with Crippen LogP contribution in [0.4, 0.5) is 10.1 Å². The Labute approximate surface area is 184 Å². The van der Waals surface area contributed by atoms with Gasteiger partial charge in [0.25, 0.3) is 5.91 Å². The summed E-state index contributed by atoms with van der Waals surface area (Å²) < 4.78 is 13.8. The highest BCUT2D eigenvalue weighted by Gasteiger charge is 2.23. The molecule has 30 heavy (non-hydrogen) atoms. The van der Waals surface area contributed by atoms with E-state index in [-0.39, 0.29) is 17.0 Å². The monoisotopic (exact) mass is 444 g/mol. The Balaban J connectivity index is 1.82. The lowest BCUT2D eigenvalue weighted by Gasteiger charge is -2.19. The quantitative estimate of drug-likeness (QED) is 0.532. The molecule has 7 heteroatoms. The van der Waals surface area contributed by atoms with Crippen LogP contribution in [0, 0.1) is 12.7 Å². The molecule has 0 bridgehead atoms. The summed E-state index contributed by atoms with van der Waals surface area (Å²) in [5.41, 5.74) is 1.84. The van der Waals surface area contributed by atoms with Gasteiger partial charge in [-0.15, -0.1) is 0 Å². The summed E-state index contributed by atoms with van der Waals surface area (Å²) in [6, 6.07) is 17.3. The lowest BCUT2D eigenvalue weighted by atomic mass is 10.0. The van der Waals surface area contributed by atoms with Gasteiger partial charge in [-0.2, -0.15) is 0 Å². The van der Waals surface area contributed by atoms with Gasteiger partial charge in [-0.25, -0.2) is 4.39 Å². The van der Waals surface area contributed by atoms with Crippen molar-refractivity contribution in [3.8, 4) is 0 Å². The molecular formula is C23H19Cl2FN2O2. The zero-order valence-electron chi connectivity index (χ0n) is 16.1. The van der Waals surface area contributed by atoms with Crippen molar-refractivity contribution in [3.63, 3.8) is 0 Å². The van der Waals surface area contributed by atoms with Crippen molar-refractivity contribution in [1.29, 1.82) is 0 Å². The van der Waals surface area contributed by atoms with E-state index in [0.717, 1.165) is 5.56 Å². The fourth-order valence-electron chi connectivity index (χ4n) is 2.87. The molecule has 0 heterocycles. The van der Waals surface area contributed by atoms with Crippen LogP contribution in [0.3, 0.4) is 0 Å². The highest BCUT2D eigenvalue weighted by atomic mass is 35.5. The number of rotatable bonds is 6. The molecule has 3 aromatic rings. The van der Waals surface area contributed by atoms with E-state index in [1.54, 1.807) is 25.1 Å². The molecule has 2 amide bonds. The van der Waals surface area contributed by atoms with Crippen molar-refractivity contribution in [2.24, 2.45) is 0 Å². The predicted octanol–water partition coefficient (Wildman–Crippen LogP) is 5.42. The number of benzene rings is 3. The average Bonchev–Trinajstić information content (AvgIpc) is 2.71. The van der Waals surface area contributed by atoms with Crippen LogP contribution >= 0.6 is 23.2 Å². The van der Waals surface area contributed by atoms with Crippen molar-refractivity contribution < 1.29 is 14.0 Å². The van der Waals surface area contributed by atoms with E-state index in [0.29, 0.717) is 16.3 Å². The maximum atomic E-state index is 13.8. The van der Waals surface area contributed by atoms with Gasteiger partial charge >= 0.3 is 0 Å². The van der Waals surface area contributed by atoms with Gasteiger partial charge in [-0.3, -0.25) is 9.59 Å². The van der Waals surface area contributed by atoms with E-state index in [1.807, 2.05) is 30.3 Å². The Bertz CT molecular complexity index is 1070. The maximum absolute atomic E-state index is 13.8. The van der Waals surface area contributed by atoms with E-state index < -0.39 is 23.7 Å². The number of hydrogen-bond donors (Lipinski definition) is 2. The molecule has 0 saturated heterocycles. The lowest BCUT2D eigenvalue weighted by molar-refractivity contribution is -0.118. The molecule has 0 radical (unpaired) electrons. The molecule has 3 rings (SSSR count). The molecule has 0 unspecified atom stereocenters. The van der Waals surface area contributed by atoms with Gasteiger partial charge < -0.3 is 10.6 Å². The molecule has 0 saturated carbocycles. The van der Waals surface area contributed by atoms with Crippen LogP contribution in [0.2, 0.25) is 10.0 Å². The minimum atomic E-state index is -0.906. The van der Waals surface area contributed by atoms with Crippen LogP contribution in [0.1, 0.15) is 21.5 Å². The molecule has 0 aromatic heterocycles. The summed E-state index contributed by atoms with van der Waals surface area (Å²) in [6.07, 6.45) is 0.248. The highest BCUT2D eigenvalue weighted by Crippen LogP contribution is 2.21. The maximum Gasteiger partial charge on any atom is 0.253 e. The predicted molar refractivity (Wildman–Crippen MR) is 118 cm³/mol. The smallest absolute Gasteiger partial charge is 0.253 e. The fraction of sp³-hybridized carbons (Fsp3) is 0.130. The molecule has 0 aliphatic heterocycles. The highest BCUT2D eigenvalue weighted by molar-refractivity contribution is 6.36. The van der Waals surface area contributed by atoms with Crippen molar-refractivity contribution in [2.75, 3.05) is 5.32 Å². The third-order valence-corrected chi connectivity index (χ3v) is 5.07. The van der Waals surface area contributed by atoms with Gasteiger partial charge in [-0.05, 0) is 48.4 Å². The van der Waals surface area contributed by atoms with E-state index in [2.05, 4.69) is 10.6 Å². The standard InChI is InChI=1S/C23H19Cl2FN2O2/c1-14-7-9-17(13-20(14)26)27-23(30)21(11-15-5-3-2-4-6-15)28-22(29)18-10-8-16(24)12-19(18)25/h2-10,12-13,21H,11H2,1H3,(H,27,30)(H,28,29)/t21-/m0/s1. The molecule has 0 fully saturated rings. The van der Waals surface area contributed by atoms with Crippen LogP contribution in [0.5, 0.6) is 0 Å². The zero-order chi connectivity index (χ0) is 21.7. The number of carbonyl (C=O) groups excluding carboxylic acids is 2. The van der Waals surface area contributed by atoms with E-state index in [1.165, 1.54) is 18.2 Å². The molecule has 0 aliphatic carbocycles. The first-order valence-corrected chi connectivity index (χ1v) is 9.96. The van der Waals surface area contributed by atoms with Crippen molar-refractivity contribution in [1.82, 2.24) is 5.32 Å². The molecule has 0 spiro atoms. The molecular weight excluding hydrogens is 426 g/mol. The number of hydrogen-bond acceptors (Lipinski definition) is 2. The summed E-state index contributed by atoms with van der Waals surface area (Å²) in [6.45, 7) is 1.63.